The quantitative estimate of drug-likeness (QED) is 0.595. The average molecular weight is 187 g/mol. The molecule has 0 atom stereocenters. The molecule has 0 spiro atoms. The summed E-state index contributed by atoms with van der Waals surface area (Å²) in [6, 6.07) is 0.879. The molecule has 0 saturated heterocycles. The van der Waals surface area contributed by atoms with Crippen LogP contribution in [0.1, 0.15) is 25.7 Å². The fourth-order valence-electron chi connectivity index (χ4n) is 1.14. The molecule has 1 aliphatic carbocycles. The van der Waals surface area contributed by atoms with E-state index in [-0.39, 0.29) is 24.8 Å². The van der Waals surface area contributed by atoms with Crippen molar-refractivity contribution in [3.63, 3.8) is 0 Å². The smallest absolute Gasteiger partial charge is 0.00399 e. The van der Waals surface area contributed by atoms with Crippen molar-refractivity contribution in [2.45, 2.75) is 37.8 Å². The maximum atomic E-state index is 5.64. The third-order valence-electron chi connectivity index (χ3n) is 1.82. The Hall–Kier alpha value is 0.500. The molecule has 0 aromatic carbocycles. The minimum absolute atomic E-state index is 0. The first-order valence-electron chi connectivity index (χ1n) is 3.30. The highest BCUT2D eigenvalue weighted by molar-refractivity contribution is 5.85. The van der Waals surface area contributed by atoms with E-state index in [1.165, 1.54) is 0 Å². The highest BCUT2D eigenvalue weighted by Gasteiger charge is 2.13. The maximum absolute atomic E-state index is 5.64. The lowest BCUT2D eigenvalue weighted by Crippen LogP contribution is -2.33. The molecule has 1 aliphatic rings. The summed E-state index contributed by atoms with van der Waals surface area (Å²) in [6.45, 7) is 0. The Labute approximate surface area is 74.5 Å². The molecule has 0 radical (unpaired) electrons. The van der Waals surface area contributed by atoms with E-state index in [9.17, 15) is 0 Å². The van der Waals surface area contributed by atoms with Crippen LogP contribution in [-0.4, -0.2) is 12.1 Å². The van der Waals surface area contributed by atoms with Crippen molar-refractivity contribution < 1.29 is 0 Å². The minimum atomic E-state index is 0. The normalized spacial score (nSPS) is 31.8. The predicted octanol–water partition coefficient (Wildman–Crippen LogP) is 1.06. The molecule has 4 N–H and O–H groups in total. The van der Waals surface area contributed by atoms with Gasteiger partial charge in [0.15, 0.2) is 0 Å². The molecule has 0 aliphatic heterocycles. The zero-order valence-electron chi connectivity index (χ0n) is 5.95. The van der Waals surface area contributed by atoms with Crippen LogP contribution >= 0.6 is 24.8 Å². The van der Waals surface area contributed by atoms with Gasteiger partial charge in [-0.25, -0.2) is 0 Å². The van der Waals surface area contributed by atoms with Gasteiger partial charge in [0, 0.05) is 12.1 Å². The monoisotopic (exact) mass is 186 g/mol. The lowest BCUT2D eigenvalue weighted by atomic mass is 9.93. The van der Waals surface area contributed by atoms with Crippen LogP contribution in [0.25, 0.3) is 0 Å². The van der Waals surface area contributed by atoms with E-state index in [1.54, 1.807) is 0 Å². The van der Waals surface area contributed by atoms with Crippen LogP contribution in [0.5, 0.6) is 0 Å². The van der Waals surface area contributed by atoms with E-state index in [0.717, 1.165) is 25.7 Å². The molecule has 1 rings (SSSR count). The predicted molar refractivity (Wildman–Crippen MR) is 48.9 cm³/mol. The number of halogens is 2. The van der Waals surface area contributed by atoms with Gasteiger partial charge in [0.25, 0.3) is 0 Å². The molecule has 2 nitrogen and oxygen atoms in total. The number of nitrogens with two attached hydrogens (primary N) is 2. The summed E-state index contributed by atoms with van der Waals surface area (Å²) in [4.78, 5) is 0. The number of hydrogen-bond donors (Lipinski definition) is 2. The van der Waals surface area contributed by atoms with Gasteiger partial charge in [0.2, 0.25) is 0 Å². The second kappa shape index (κ2) is 6.23. The van der Waals surface area contributed by atoms with Crippen molar-refractivity contribution in [2.24, 2.45) is 11.5 Å². The van der Waals surface area contributed by atoms with Crippen LogP contribution in [0.15, 0.2) is 0 Å². The van der Waals surface area contributed by atoms with Gasteiger partial charge in [-0.05, 0) is 25.7 Å². The van der Waals surface area contributed by atoms with Crippen LogP contribution in [-0.2, 0) is 0 Å². The standard InChI is InChI=1S/C6H14N2.2ClH/c7-5-1-2-6(8)4-3-5;;/h5-6H,1-4,7-8H2;2*1H/t5-,6+;;. The fourth-order valence-corrected chi connectivity index (χ4v) is 1.14. The van der Waals surface area contributed by atoms with Gasteiger partial charge >= 0.3 is 0 Å². The zero-order chi connectivity index (χ0) is 5.98. The van der Waals surface area contributed by atoms with Crippen molar-refractivity contribution in [3.8, 4) is 0 Å². The van der Waals surface area contributed by atoms with Crippen LogP contribution in [0.3, 0.4) is 0 Å². The Balaban J connectivity index is 0. The summed E-state index contributed by atoms with van der Waals surface area (Å²) >= 11 is 0. The van der Waals surface area contributed by atoms with Crippen LogP contribution in [0.2, 0.25) is 0 Å². The summed E-state index contributed by atoms with van der Waals surface area (Å²) in [7, 11) is 0. The molecule has 0 aromatic heterocycles. The third-order valence-corrected chi connectivity index (χ3v) is 1.82. The van der Waals surface area contributed by atoms with E-state index in [4.69, 9.17) is 11.5 Å². The molecule has 4 heteroatoms. The molecule has 0 bridgehead atoms. The van der Waals surface area contributed by atoms with Crippen molar-refractivity contribution in [2.75, 3.05) is 0 Å². The van der Waals surface area contributed by atoms with E-state index >= 15 is 0 Å². The summed E-state index contributed by atoms with van der Waals surface area (Å²) in [5.74, 6) is 0. The van der Waals surface area contributed by atoms with Crippen molar-refractivity contribution in [1.82, 2.24) is 0 Å². The van der Waals surface area contributed by atoms with Gasteiger partial charge in [0.05, 0.1) is 0 Å². The highest BCUT2D eigenvalue weighted by atomic mass is 35.5. The third kappa shape index (κ3) is 4.34. The van der Waals surface area contributed by atoms with Gasteiger partial charge in [-0.15, -0.1) is 24.8 Å². The van der Waals surface area contributed by atoms with E-state index in [2.05, 4.69) is 0 Å². The fraction of sp³-hybridized carbons (Fsp3) is 1.00. The van der Waals surface area contributed by atoms with Crippen LogP contribution in [0.4, 0.5) is 0 Å². The second-order valence-electron chi connectivity index (χ2n) is 2.67. The first kappa shape index (κ1) is 13.1. The Morgan fingerprint density at radius 3 is 1.10 bits per heavy atom. The molecule has 64 valence electrons. The first-order chi connectivity index (χ1) is 3.79. The van der Waals surface area contributed by atoms with E-state index in [1.807, 2.05) is 0 Å². The van der Waals surface area contributed by atoms with Gasteiger partial charge in [-0.2, -0.15) is 0 Å². The Morgan fingerprint density at radius 1 is 0.700 bits per heavy atom. The van der Waals surface area contributed by atoms with Gasteiger partial charge < -0.3 is 11.5 Å². The van der Waals surface area contributed by atoms with Gasteiger partial charge in [0.1, 0.15) is 0 Å². The summed E-state index contributed by atoms with van der Waals surface area (Å²) in [5.41, 5.74) is 11.3. The summed E-state index contributed by atoms with van der Waals surface area (Å²) < 4.78 is 0. The minimum Gasteiger partial charge on any atom is -0.328 e. The zero-order valence-corrected chi connectivity index (χ0v) is 7.59. The molecule has 0 aromatic rings. The molecule has 0 amide bonds. The topological polar surface area (TPSA) is 52.0 Å². The van der Waals surface area contributed by atoms with Crippen molar-refractivity contribution in [3.05, 3.63) is 0 Å². The number of hydrogen-bond acceptors (Lipinski definition) is 2. The summed E-state index contributed by atoms with van der Waals surface area (Å²) in [6.07, 6.45) is 4.50. The second-order valence-corrected chi connectivity index (χ2v) is 2.67. The molecule has 0 unspecified atom stereocenters. The van der Waals surface area contributed by atoms with Gasteiger partial charge in [-0.3, -0.25) is 0 Å². The Kier molecular flexibility index (Phi) is 8.17. The number of rotatable bonds is 0. The molecular formula is C6H16Cl2N2. The molecule has 1 fully saturated rings. The van der Waals surface area contributed by atoms with E-state index < -0.39 is 0 Å². The first-order valence-corrected chi connectivity index (χ1v) is 3.30. The summed E-state index contributed by atoms with van der Waals surface area (Å²) in [5, 5.41) is 0. The van der Waals surface area contributed by atoms with Crippen molar-refractivity contribution >= 4 is 24.8 Å². The molecule has 1 saturated carbocycles. The van der Waals surface area contributed by atoms with Crippen LogP contribution in [0, 0.1) is 0 Å². The molecule has 10 heavy (non-hydrogen) atoms. The lowest BCUT2D eigenvalue weighted by molar-refractivity contribution is 0.395. The largest absolute Gasteiger partial charge is 0.328 e. The van der Waals surface area contributed by atoms with Crippen molar-refractivity contribution in [1.29, 1.82) is 0 Å². The maximum Gasteiger partial charge on any atom is 0.00399 e. The molecular weight excluding hydrogens is 171 g/mol. The Morgan fingerprint density at radius 2 is 0.900 bits per heavy atom. The molecule has 0 heterocycles. The average Bonchev–Trinajstić information content (AvgIpc) is 1.77. The Bertz CT molecular complexity index is 62.1. The van der Waals surface area contributed by atoms with E-state index in [0.29, 0.717) is 12.1 Å². The van der Waals surface area contributed by atoms with Gasteiger partial charge in [-0.1, -0.05) is 0 Å². The van der Waals surface area contributed by atoms with Crippen LogP contribution < -0.4 is 11.5 Å². The SMILES string of the molecule is Cl.Cl.N[C@H]1CC[C@@H](N)CC1. The highest BCUT2D eigenvalue weighted by Crippen LogP contribution is 2.14. The lowest BCUT2D eigenvalue weighted by Gasteiger charge is -2.22.